The Labute approximate surface area is 90.5 Å². The van der Waals surface area contributed by atoms with Crippen molar-refractivity contribution in [3.63, 3.8) is 0 Å². The summed E-state index contributed by atoms with van der Waals surface area (Å²) in [5.41, 5.74) is -1.15. The molecule has 0 radical (unpaired) electrons. The van der Waals surface area contributed by atoms with E-state index in [-0.39, 0.29) is 12.5 Å². The lowest BCUT2D eigenvalue weighted by Crippen LogP contribution is -2.54. The number of likely N-dealkylation sites (N-methyl/N-ethyl adjacent to an activating group) is 1. The minimum Gasteiger partial charge on any atom is -0.480 e. The van der Waals surface area contributed by atoms with Gasteiger partial charge in [-0.15, -0.1) is 0 Å². The highest BCUT2D eigenvalue weighted by molar-refractivity contribution is 5.87. The van der Waals surface area contributed by atoms with Gasteiger partial charge in [0.25, 0.3) is 0 Å². The van der Waals surface area contributed by atoms with Crippen LogP contribution in [0.5, 0.6) is 0 Å². The number of amides is 1. The van der Waals surface area contributed by atoms with Crippen molar-refractivity contribution in [2.75, 3.05) is 20.6 Å². The maximum atomic E-state index is 11.4. The fourth-order valence-electron chi connectivity index (χ4n) is 1.36. The molecule has 0 aliphatic carbocycles. The molecule has 0 heterocycles. The molecule has 0 saturated heterocycles. The maximum absolute atomic E-state index is 11.4. The van der Waals surface area contributed by atoms with E-state index in [1.807, 2.05) is 6.92 Å². The molecule has 0 aromatic heterocycles. The van der Waals surface area contributed by atoms with E-state index >= 15 is 0 Å². The Morgan fingerprint density at radius 2 is 1.93 bits per heavy atom. The molecule has 15 heavy (non-hydrogen) atoms. The number of carboxylic acid groups (broad SMARTS) is 1. The third-order valence-corrected chi connectivity index (χ3v) is 2.10. The van der Waals surface area contributed by atoms with E-state index in [1.54, 1.807) is 19.0 Å². The molecule has 0 aromatic carbocycles. The number of nitrogens with one attached hydrogen (secondary N) is 1. The summed E-state index contributed by atoms with van der Waals surface area (Å²) in [6.45, 7) is 3.62. The molecule has 0 aliphatic rings. The minimum absolute atomic E-state index is 0.201. The minimum atomic E-state index is -1.15. The Hall–Kier alpha value is -1.10. The van der Waals surface area contributed by atoms with Crippen LogP contribution in [0.2, 0.25) is 0 Å². The summed E-state index contributed by atoms with van der Waals surface area (Å²) in [5.74, 6) is -1.25. The topological polar surface area (TPSA) is 69.6 Å². The van der Waals surface area contributed by atoms with Crippen LogP contribution in [-0.2, 0) is 9.59 Å². The molecule has 0 aromatic rings. The third-order valence-electron chi connectivity index (χ3n) is 2.10. The van der Waals surface area contributed by atoms with Crippen LogP contribution in [0.25, 0.3) is 0 Å². The summed E-state index contributed by atoms with van der Waals surface area (Å²) in [6.07, 6.45) is 1.15. The predicted molar refractivity (Wildman–Crippen MR) is 57.6 cm³/mol. The summed E-state index contributed by atoms with van der Waals surface area (Å²) in [6, 6.07) is 0. The molecule has 0 aliphatic heterocycles. The molecule has 0 saturated carbocycles. The Morgan fingerprint density at radius 1 is 1.40 bits per heavy atom. The van der Waals surface area contributed by atoms with Gasteiger partial charge in [-0.05, 0) is 27.4 Å². The van der Waals surface area contributed by atoms with Crippen LogP contribution >= 0.6 is 0 Å². The van der Waals surface area contributed by atoms with Gasteiger partial charge in [-0.25, -0.2) is 4.79 Å². The Bertz CT molecular complexity index is 241. The normalized spacial score (nSPS) is 14.7. The van der Waals surface area contributed by atoms with Crippen molar-refractivity contribution >= 4 is 11.9 Å². The monoisotopic (exact) mass is 216 g/mol. The molecule has 2 N–H and O–H groups in total. The molecule has 0 bridgehead atoms. The van der Waals surface area contributed by atoms with E-state index in [0.29, 0.717) is 12.8 Å². The second-order valence-electron chi connectivity index (χ2n) is 4.17. The predicted octanol–water partition coefficient (Wildman–Crippen LogP) is 0.308. The average molecular weight is 216 g/mol. The van der Waals surface area contributed by atoms with Crippen LogP contribution in [-0.4, -0.2) is 48.1 Å². The molecule has 5 nitrogen and oxygen atoms in total. The highest BCUT2D eigenvalue weighted by Gasteiger charge is 2.33. The number of rotatable bonds is 6. The number of carbonyl (C=O) groups is 2. The lowest BCUT2D eigenvalue weighted by Gasteiger charge is -2.26. The van der Waals surface area contributed by atoms with Gasteiger partial charge in [-0.1, -0.05) is 13.3 Å². The van der Waals surface area contributed by atoms with E-state index in [2.05, 4.69) is 5.32 Å². The number of nitrogens with zero attached hydrogens (tertiary/aromatic N) is 1. The van der Waals surface area contributed by atoms with E-state index in [9.17, 15) is 9.59 Å². The van der Waals surface area contributed by atoms with Gasteiger partial charge in [0.2, 0.25) is 5.91 Å². The zero-order chi connectivity index (χ0) is 12.1. The Kier molecular flexibility index (Phi) is 5.28. The molecule has 1 amide bonds. The van der Waals surface area contributed by atoms with Gasteiger partial charge in [-0.3, -0.25) is 4.79 Å². The second kappa shape index (κ2) is 5.70. The van der Waals surface area contributed by atoms with Crippen LogP contribution in [0, 0.1) is 0 Å². The first-order valence-electron chi connectivity index (χ1n) is 5.01. The van der Waals surface area contributed by atoms with Gasteiger partial charge in [0.15, 0.2) is 0 Å². The van der Waals surface area contributed by atoms with E-state index in [0.717, 1.165) is 0 Å². The summed E-state index contributed by atoms with van der Waals surface area (Å²) in [7, 11) is 3.52. The average Bonchev–Trinajstić information content (AvgIpc) is 2.01. The molecule has 0 fully saturated rings. The van der Waals surface area contributed by atoms with Gasteiger partial charge < -0.3 is 15.3 Å². The van der Waals surface area contributed by atoms with E-state index < -0.39 is 11.5 Å². The summed E-state index contributed by atoms with van der Waals surface area (Å²) in [5, 5.41) is 11.6. The standard InChI is InChI=1S/C10H20N2O3/c1-5-6-10(2,9(14)15)11-8(13)7-12(3)4/h5-7H2,1-4H3,(H,11,13)(H,14,15). The largest absolute Gasteiger partial charge is 0.480 e. The van der Waals surface area contributed by atoms with Crippen LogP contribution in [0.1, 0.15) is 26.7 Å². The van der Waals surface area contributed by atoms with Crippen LogP contribution in [0.3, 0.4) is 0 Å². The zero-order valence-electron chi connectivity index (χ0n) is 9.83. The molecule has 1 unspecified atom stereocenters. The van der Waals surface area contributed by atoms with Crippen molar-refractivity contribution in [2.24, 2.45) is 0 Å². The van der Waals surface area contributed by atoms with E-state index in [4.69, 9.17) is 5.11 Å². The molecule has 1 atom stereocenters. The first-order valence-corrected chi connectivity index (χ1v) is 5.01. The molecule has 88 valence electrons. The number of hydrogen-bond donors (Lipinski definition) is 2. The van der Waals surface area contributed by atoms with Gasteiger partial charge in [0.1, 0.15) is 5.54 Å². The number of carboxylic acids is 1. The highest BCUT2D eigenvalue weighted by Crippen LogP contribution is 2.12. The van der Waals surface area contributed by atoms with E-state index in [1.165, 1.54) is 6.92 Å². The third kappa shape index (κ3) is 4.78. The smallest absolute Gasteiger partial charge is 0.329 e. The second-order valence-corrected chi connectivity index (χ2v) is 4.17. The van der Waals surface area contributed by atoms with Gasteiger partial charge in [0.05, 0.1) is 6.54 Å². The number of carbonyl (C=O) groups excluding carboxylic acids is 1. The number of aliphatic carboxylic acids is 1. The summed E-state index contributed by atoms with van der Waals surface area (Å²) < 4.78 is 0. The lowest BCUT2D eigenvalue weighted by atomic mass is 9.96. The van der Waals surface area contributed by atoms with Crippen molar-refractivity contribution < 1.29 is 14.7 Å². The van der Waals surface area contributed by atoms with Crippen LogP contribution in [0.4, 0.5) is 0 Å². The summed E-state index contributed by atoms with van der Waals surface area (Å²) >= 11 is 0. The van der Waals surface area contributed by atoms with Crippen LogP contribution in [0.15, 0.2) is 0 Å². The van der Waals surface area contributed by atoms with Gasteiger partial charge >= 0.3 is 5.97 Å². The quantitative estimate of drug-likeness (QED) is 0.670. The highest BCUT2D eigenvalue weighted by atomic mass is 16.4. The van der Waals surface area contributed by atoms with Gasteiger partial charge in [-0.2, -0.15) is 0 Å². The number of hydrogen-bond acceptors (Lipinski definition) is 3. The van der Waals surface area contributed by atoms with Crippen molar-refractivity contribution in [1.29, 1.82) is 0 Å². The van der Waals surface area contributed by atoms with Gasteiger partial charge in [0, 0.05) is 0 Å². The molecular weight excluding hydrogens is 196 g/mol. The van der Waals surface area contributed by atoms with Crippen molar-refractivity contribution in [3.8, 4) is 0 Å². The van der Waals surface area contributed by atoms with Crippen LogP contribution < -0.4 is 5.32 Å². The molecule has 0 spiro atoms. The summed E-state index contributed by atoms with van der Waals surface area (Å²) in [4.78, 5) is 24.1. The Morgan fingerprint density at radius 3 is 2.27 bits per heavy atom. The first kappa shape index (κ1) is 13.9. The van der Waals surface area contributed by atoms with Crippen molar-refractivity contribution in [1.82, 2.24) is 10.2 Å². The SMILES string of the molecule is CCCC(C)(NC(=O)CN(C)C)C(=O)O. The fraction of sp³-hybridized carbons (Fsp3) is 0.800. The maximum Gasteiger partial charge on any atom is 0.329 e. The lowest BCUT2D eigenvalue weighted by molar-refractivity contribution is -0.147. The van der Waals surface area contributed by atoms with Crippen molar-refractivity contribution in [2.45, 2.75) is 32.2 Å². The van der Waals surface area contributed by atoms with Crippen molar-refractivity contribution in [3.05, 3.63) is 0 Å². The Balaban J connectivity index is 4.41. The molecule has 0 rings (SSSR count). The molecule has 5 heteroatoms. The first-order chi connectivity index (χ1) is 6.81. The zero-order valence-corrected chi connectivity index (χ0v) is 9.83. The molecular formula is C10H20N2O3. The fourth-order valence-corrected chi connectivity index (χ4v) is 1.36.